The van der Waals surface area contributed by atoms with E-state index in [0.717, 1.165) is 6.54 Å². The first-order valence-electron chi connectivity index (χ1n) is 6.22. The average Bonchev–Trinajstić information content (AvgIpc) is 2.64. The highest BCUT2D eigenvalue weighted by molar-refractivity contribution is 7.89. The quantitative estimate of drug-likeness (QED) is 0.774. The normalized spacial score (nSPS) is 12.1. The van der Waals surface area contributed by atoms with Gasteiger partial charge in [-0.15, -0.1) is 0 Å². The van der Waals surface area contributed by atoms with Gasteiger partial charge in [-0.2, -0.15) is 0 Å². The molecule has 1 rings (SSSR count). The van der Waals surface area contributed by atoms with Gasteiger partial charge in [0.15, 0.2) is 0 Å². The van der Waals surface area contributed by atoms with Gasteiger partial charge in [0.2, 0.25) is 10.0 Å². The Morgan fingerprint density at radius 3 is 2.45 bits per heavy atom. The lowest BCUT2D eigenvalue weighted by Gasteiger charge is -2.14. The minimum atomic E-state index is -3.90. The summed E-state index contributed by atoms with van der Waals surface area (Å²) in [6.07, 6.45) is 0. The van der Waals surface area contributed by atoms with E-state index in [1.165, 1.54) is 13.8 Å². The van der Waals surface area contributed by atoms with Gasteiger partial charge in [0.25, 0.3) is 0 Å². The fourth-order valence-electron chi connectivity index (χ4n) is 1.84. The smallest absolute Gasteiger partial charge is 0.340 e. The molecule has 0 aliphatic rings. The maximum Gasteiger partial charge on any atom is 0.340 e. The highest BCUT2D eigenvalue weighted by Crippen LogP contribution is 2.26. The molecule has 20 heavy (non-hydrogen) atoms. The van der Waals surface area contributed by atoms with E-state index in [1.807, 2.05) is 18.9 Å². The van der Waals surface area contributed by atoms with Crippen molar-refractivity contribution >= 4 is 16.0 Å². The van der Waals surface area contributed by atoms with E-state index in [-0.39, 0.29) is 28.5 Å². The van der Waals surface area contributed by atoms with Crippen LogP contribution in [0.3, 0.4) is 0 Å². The first-order chi connectivity index (χ1) is 9.20. The van der Waals surface area contributed by atoms with Crippen molar-refractivity contribution in [1.29, 1.82) is 0 Å². The van der Waals surface area contributed by atoms with Gasteiger partial charge < -0.3 is 14.4 Å². The van der Waals surface area contributed by atoms with Crippen molar-refractivity contribution in [3.05, 3.63) is 17.1 Å². The number of nitrogens with zero attached hydrogens (tertiary/aromatic N) is 1. The molecule has 0 amide bonds. The lowest BCUT2D eigenvalue weighted by Crippen LogP contribution is -2.33. The summed E-state index contributed by atoms with van der Waals surface area (Å²) in [6, 6.07) is 0. The molecule has 0 spiro atoms. The van der Waals surface area contributed by atoms with Crippen LogP contribution in [0.25, 0.3) is 0 Å². The van der Waals surface area contributed by atoms with Crippen molar-refractivity contribution in [2.24, 2.45) is 0 Å². The Labute approximate surface area is 118 Å². The van der Waals surface area contributed by atoms with Crippen LogP contribution in [0.2, 0.25) is 0 Å². The highest BCUT2D eigenvalue weighted by atomic mass is 32.2. The Kier molecular flexibility index (Phi) is 5.32. The first kappa shape index (κ1) is 16.7. The molecule has 0 unspecified atom stereocenters. The summed E-state index contributed by atoms with van der Waals surface area (Å²) in [7, 11) is -2.04. The maximum absolute atomic E-state index is 12.2. The van der Waals surface area contributed by atoms with Crippen LogP contribution >= 0.6 is 0 Å². The summed E-state index contributed by atoms with van der Waals surface area (Å²) in [6.45, 7) is 6.36. The zero-order valence-corrected chi connectivity index (χ0v) is 12.9. The van der Waals surface area contributed by atoms with Crippen molar-refractivity contribution in [2.75, 3.05) is 26.7 Å². The van der Waals surface area contributed by atoms with Gasteiger partial charge in [-0.25, -0.2) is 17.9 Å². The molecule has 0 bridgehead atoms. The van der Waals surface area contributed by atoms with E-state index in [9.17, 15) is 13.2 Å². The van der Waals surface area contributed by atoms with E-state index < -0.39 is 16.0 Å². The van der Waals surface area contributed by atoms with Crippen LogP contribution < -0.4 is 4.72 Å². The van der Waals surface area contributed by atoms with Crippen molar-refractivity contribution in [1.82, 2.24) is 9.62 Å². The molecule has 0 aliphatic heterocycles. The third kappa shape index (κ3) is 3.59. The van der Waals surface area contributed by atoms with Gasteiger partial charge in [-0.05, 0) is 27.4 Å². The number of carboxylic acid groups (broad SMARTS) is 1. The van der Waals surface area contributed by atoms with Gasteiger partial charge >= 0.3 is 5.97 Å². The Bertz CT molecular complexity index is 591. The number of hydrogen-bond donors (Lipinski definition) is 2. The molecule has 1 heterocycles. The summed E-state index contributed by atoms with van der Waals surface area (Å²) in [5.74, 6) is -1.15. The molecule has 8 heteroatoms. The maximum atomic E-state index is 12.2. The van der Waals surface area contributed by atoms with E-state index >= 15 is 0 Å². The van der Waals surface area contributed by atoms with Crippen LogP contribution in [0.1, 0.15) is 28.8 Å². The van der Waals surface area contributed by atoms with Crippen LogP contribution in [-0.4, -0.2) is 51.1 Å². The standard InChI is InChI=1S/C12H20N2O5S/c1-5-14(4)7-6-13-20(17,18)11-9(3)19-8(2)10(11)12(15)16/h13H,5-7H2,1-4H3,(H,15,16). The number of carbonyl (C=O) groups is 1. The number of hydrogen-bond acceptors (Lipinski definition) is 5. The number of rotatable bonds is 7. The van der Waals surface area contributed by atoms with Gasteiger partial charge in [-0.3, -0.25) is 0 Å². The van der Waals surface area contributed by atoms with Crippen LogP contribution in [0.5, 0.6) is 0 Å². The van der Waals surface area contributed by atoms with E-state index in [1.54, 1.807) is 0 Å². The molecule has 0 saturated carbocycles. The third-order valence-corrected chi connectivity index (χ3v) is 4.63. The Hall–Kier alpha value is -1.38. The van der Waals surface area contributed by atoms with Crippen LogP contribution in [0.4, 0.5) is 0 Å². The minimum absolute atomic E-state index is 0.0799. The summed E-state index contributed by atoms with van der Waals surface area (Å²) in [4.78, 5) is 12.8. The first-order valence-corrected chi connectivity index (χ1v) is 7.70. The zero-order chi connectivity index (χ0) is 15.5. The summed E-state index contributed by atoms with van der Waals surface area (Å²) in [5.41, 5.74) is -0.307. The number of nitrogens with one attached hydrogen (secondary N) is 1. The molecule has 0 aromatic carbocycles. The summed E-state index contributed by atoms with van der Waals surface area (Å²) in [5, 5.41) is 9.11. The third-order valence-electron chi connectivity index (χ3n) is 3.01. The zero-order valence-electron chi connectivity index (χ0n) is 12.1. The molecule has 1 aromatic rings. The molecular formula is C12H20N2O5S. The fourth-order valence-corrected chi connectivity index (χ4v) is 3.26. The molecular weight excluding hydrogens is 284 g/mol. The van der Waals surface area contributed by atoms with Crippen LogP contribution in [0, 0.1) is 13.8 Å². The topological polar surface area (TPSA) is 99.9 Å². The molecule has 7 nitrogen and oxygen atoms in total. The second-order valence-corrected chi connectivity index (χ2v) is 6.22. The average molecular weight is 304 g/mol. The summed E-state index contributed by atoms with van der Waals surface area (Å²) < 4.78 is 31.9. The second kappa shape index (κ2) is 6.38. The number of aromatic carboxylic acids is 1. The predicted molar refractivity (Wildman–Crippen MR) is 73.5 cm³/mol. The molecule has 0 atom stereocenters. The van der Waals surface area contributed by atoms with Crippen molar-refractivity contribution in [2.45, 2.75) is 25.7 Å². The SMILES string of the molecule is CCN(C)CCNS(=O)(=O)c1c(C)oc(C)c1C(=O)O. The number of aryl methyl sites for hydroxylation is 2. The fraction of sp³-hybridized carbons (Fsp3) is 0.583. The second-order valence-electron chi connectivity index (χ2n) is 4.52. The molecule has 0 aliphatic carbocycles. The summed E-state index contributed by atoms with van der Waals surface area (Å²) >= 11 is 0. The number of furan rings is 1. The van der Waals surface area contributed by atoms with Gasteiger partial charge in [0, 0.05) is 13.1 Å². The molecule has 0 radical (unpaired) electrons. The van der Waals surface area contributed by atoms with Crippen molar-refractivity contribution in [3.8, 4) is 0 Å². The predicted octanol–water partition coefficient (Wildman–Crippen LogP) is 0.825. The van der Waals surface area contributed by atoms with Gasteiger partial charge in [-0.1, -0.05) is 6.92 Å². The van der Waals surface area contributed by atoms with E-state index in [4.69, 9.17) is 9.52 Å². The highest BCUT2D eigenvalue weighted by Gasteiger charge is 2.30. The number of carboxylic acids is 1. The Morgan fingerprint density at radius 1 is 1.35 bits per heavy atom. The van der Waals surface area contributed by atoms with Crippen LogP contribution in [0.15, 0.2) is 9.31 Å². The van der Waals surface area contributed by atoms with Crippen LogP contribution in [-0.2, 0) is 10.0 Å². The Balaban J connectivity index is 3.01. The molecule has 0 fully saturated rings. The van der Waals surface area contributed by atoms with Crippen molar-refractivity contribution < 1.29 is 22.7 Å². The number of likely N-dealkylation sites (N-methyl/N-ethyl adjacent to an activating group) is 1. The molecule has 114 valence electrons. The van der Waals surface area contributed by atoms with Gasteiger partial charge in [0.1, 0.15) is 22.0 Å². The van der Waals surface area contributed by atoms with Gasteiger partial charge in [0.05, 0.1) is 0 Å². The molecule has 0 saturated heterocycles. The number of sulfonamides is 1. The molecule has 2 N–H and O–H groups in total. The lowest BCUT2D eigenvalue weighted by molar-refractivity contribution is 0.0691. The molecule has 1 aromatic heterocycles. The van der Waals surface area contributed by atoms with E-state index in [0.29, 0.717) is 6.54 Å². The largest absolute Gasteiger partial charge is 0.478 e. The minimum Gasteiger partial charge on any atom is -0.478 e. The van der Waals surface area contributed by atoms with E-state index in [2.05, 4.69) is 4.72 Å². The van der Waals surface area contributed by atoms with Crippen molar-refractivity contribution in [3.63, 3.8) is 0 Å². The Morgan fingerprint density at radius 2 is 1.95 bits per heavy atom. The monoisotopic (exact) mass is 304 g/mol. The lowest BCUT2D eigenvalue weighted by atomic mass is 10.2.